The Morgan fingerprint density at radius 2 is 1.86 bits per heavy atom. The Morgan fingerprint density at radius 3 is 2.54 bits per heavy atom. The second-order valence-electron chi connectivity index (χ2n) is 5.72. The SMILES string of the molecule is C/C(CC(=O)Nc1ccccc1C(F)(F)F)=N/NC(=O)c1cc(Cl)ccc1O. The van der Waals surface area contributed by atoms with E-state index < -0.39 is 23.6 Å². The van der Waals surface area contributed by atoms with E-state index in [0.29, 0.717) is 0 Å². The molecule has 148 valence electrons. The number of hydrogen-bond acceptors (Lipinski definition) is 4. The zero-order valence-corrected chi connectivity index (χ0v) is 15.2. The van der Waals surface area contributed by atoms with Crippen LogP contribution in [0.25, 0.3) is 0 Å². The van der Waals surface area contributed by atoms with Gasteiger partial charge in [0.05, 0.1) is 23.2 Å². The molecule has 2 rings (SSSR count). The maximum Gasteiger partial charge on any atom is 0.418 e. The molecule has 0 aromatic heterocycles. The van der Waals surface area contributed by atoms with Crippen molar-refractivity contribution in [3.05, 3.63) is 58.6 Å². The quantitative estimate of drug-likeness (QED) is 0.507. The van der Waals surface area contributed by atoms with Gasteiger partial charge < -0.3 is 10.4 Å². The normalized spacial score (nSPS) is 11.8. The Labute approximate surface area is 163 Å². The highest BCUT2D eigenvalue weighted by Crippen LogP contribution is 2.34. The summed E-state index contributed by atoms with van der Waals surface area (Å²) in [6.07, 6.45) is -4.96. The minimum absolute atomic E-state index is 0.118. The number of aromatic hydroxyl groups is 1. The molecule has 0 atom stereocenters. The molecule has 0 aliphatic carbocycles. The van der Waals surface area contributed by atoms with E-state index in [9.17, 15) is 27.9 Å². The number of phenols is 1. The molecule has 0 aliphatic heterocycles. The van der Waals surface area contributed by atoms with E-state index in [1.54, 1.807) is 0 Å². The third kappa shape index (κ3) is 5.71. The molecule has 3 N–H and O–H groups in total. The van der Waals surface area contributed by atoms with Crippen molar-refractivity contribution in [3.8, 4) is 5.75 Å². The number of carbonyl (C=O) groups is 2. The highest BCUT2D eigenvalue weighted by molar-refractivity contribution is 6.31. The highest BCUT2D eigenvalue weighted by Gasteiger charge is 2.33. The lowest BCUT2D eigenvalue weighted by atomic mass is 10.1. The van der Waals surface area contributed by atoms with Crippen molar-refractivity contribution in [1.82, 2.24) is 5.43 Å². The molecule has 0 fully saturated rings. The largest absolute Gasteiger partial charge is 0.507 e. The molecule has 0 heterocycles. The van der Waals surface area contributed by atoms with Gasteiger partial charge in [-0.1, -0.05) is 23.7 Å². The lowest BCUT2D eigenvalue weighted by molar-refractivity contribution is -0.137. The Bertz CT molecular complexity index is 930. The van der Waals surface area contributed by atoms with Crippen LogP contribution < -0.4 is 10.7 Å². The van der Waals surface area contributed by atoms with Crippen molar-refractivity contribution >= 4 is 34.8 Å². The van der Waals surface area contributed by atoms with Gasteiger partial charge in [0.25, 0.3) is 5.91 Å². The second kappa shape index (κ2) is 8.75. The van der Waals surface area contributed by atoms with Gasteiger partial charge in [0.1, 0.15) is 5.75 Å². The second-order valence-corrected chi connectivity index (χ2v) is 6.15. The molecule has 2 aromatic carbocycles. The molecule has 2 aromatic rings. The number of amides is 2. The molecule has 0 spiro atoms. The van der Waals surface area contributed by atoms with Crippen LogP contribution in [0, 0.1) is 0 Å². The monoisotopic (exact) mass is 413 g/mol. The van der Waals surface area contributed by atoms with Crippen LogP contribution in [0.5, 0.6) is 5.75 Å². The molecule has 2 amide bonds. The molecule has 0 radical (unpaired) electrons. The summed E-state index contributed by atoms with van der Waals surface area (Å²) in [5.74, 6) is -1.81. The topological polar surface area (TPSA) is 90.8 Å². The number of nitrogens with one attached hydrogen (secondary N) is 2. The Hall–Kier alpha value is -3.07. The van der Waals surface area contributed by atoms with Crippen LogP contribution in [0.4, 0.5) is 18.9 Å². The number of halogens is 4. The van der Waals surface area contributed by atoms with Crippen molar-refractivity contribution in [2.75, 3.05) is 5.32 Å². The molecule has 0 bridgehead atoms. The first kappa shape index (κ1) is 21.2. The molecule has 0 saturated heterocycles. The maximum absolute atomic E-state index is 12.9. The molecular weight excluding hydrogens is 399 g/mol. The van der Waals surface area contributed by atoms with Gasteiger partial charge in [-0.2, -0.15) is 18.3 Å². The lowest BCUT2D eigenvalue weighted by Gasteiger charge is -2.13. The van der Waals surface area contributed by atoms with Crippen LogP contribution >= 0.6 is 11.6 Å². The van der Waals surface area contributed by atoms with E-state index in [1.807, 2.05) is 0 Å². The van der Waals surface area contributed by atoms with Crippen molar-refractivity contribution in [2.45, 2.75) is 19.5 Å². The Morgan fingerprint density at radius 1 is 1.18 bits per heavy atom. The minimum atomic E-state index is -4.61. The van der Waals surface area contributed by atoms with E-state index in [4.69, 9.17) is 11.6 Å². The van der Waals surface area contributed by atoms with Gasteiger partial charge in [0.2, 0.25) is 5.91 Å². The first-order chi connectivity index (χ1) is 13.1. The molecule has 10 heteroatoms. The van der Waals surface area contributed by atoms with Gasteiger partial charge in [-0.05, 0) is 37.3 Å². The van der Waals surface area contributed by atoms with Crippen LogP contribution in [-0.4, -0.2) is 22.6 Å². The van der Waals surface area contributed by atoms with Crippen LogP contribution in [0.2, 0.25) is 5.02 Å². The van der Waals surface area contributed by atoms with E-state index >= 15 is 0 Å². The molecule has 0 unspecified atom stereocenters. The van der Waals surface area contributed by atoms with E-state index in [0.717, 1.165) is 12.1 Å². The standard InChI is InChI=1S/C18H15ClF3N3O3/c1-10(24-25-17(28)12-9-11(19)6-7-15(12)26)8-16(27)23-14-5-3-2-4-13(14)18(20,21)22/h2-7,9,26H,8H2,1H3,(H,23,27)(H,25,28)/b24-10-. The number of para-hydroxylation sites is 1. The van der Waals surface area contributed by atoms with Crippen molar-refractivity contribution < 1.29 is 27.9 Å². The summed E-state index contributed by atoms with van der Waals surface area (Å²) in [4.78, 5) is 24.0. The first-order valence-corrected chi connectivity index (χ1v) is 8.24. The first-order valence-electron chi connectivity index (χ1n) is 7.86. The van der Waals surface area contributed by atoms with Gasteiger partial charge in [-0.25, -0.2) is 5.43 Å². The van der Waals surface area contributed by atoms with E-state index in [1.165, 1.54) is 37.3 Å². The fourth-order valence-electron chi connectivity index (χ4n) is 2.20. The number of hydrogen-bond donors (Lipinski definition) is 3. The van der Waals surface area contributed by atoms with E-state index in [-0.39, 0.29) is 34.2 Å². The van der Waals surface area contributed by atoms with Crippen LogP contribution in [-0.2, 0) is 11.0 Å². The smallest absolute Gasteiger partial charge is 0.418 e. The summed E-state index contributed by atoms with van der Waals surface area (Å²) >= 11 is 5.75. The predicted molar refractivity (Wildman–Crippen MR) is 98.4 cm³/mol. The van der Waals surface area contributed by atoms with Gasteiger partial charge >= 0.3 is 6.18 Å². The summed E-state index contributed by atoms with van der Waals surface area (Å²) < 4.78 is 38.8. The van der Waals surface area contributed by atoms with Crippen LogP contribution in [0.3, 0.4) is 0 Å². The number of anilines is 1. The molecule has 6 nitrogen and oxygen atoms in total. The predicted octanol–water partition coefficient (Wildman–Crippen LogP) is 4.20. The van der Waals surface area contributed by atoms with Crippen LogP contribution in [0.15, 0.2) is 47.6 Å². The number of nitrogens with zero attached hydrogens (tertiary/aromatic N) is 1. The number of carbonyl (C=O) groups excluding carboxylic acids is 2. The highest BCUT2D eigenvalue weighted by atomic mass is 35.5. The zero-order valence-electron chi connectivity index (χ0n) is 14.5. The summed E-state index contributed by atoms with van der Waals surface area (Å²) in [5.41, 5.74) is 0.816. The number of phenolic OH excluding ortho intramolecular Hbond substituents is 1. The van der Waals surface area contributed by atoms with Crippen LogP contribution in [0.1, 0.15) is 29.3 Å². The minimum Gasteiger partial charge on any atom is -0.507 e. The molecule has 0 saturated carbocycles. The fourth-order valence-corrected chi connectivity index (χ4v) is 2.37. The van der Waals surface area contributed by atoms with Gasteiger partial charge in [-0.3, -0.25) is 9.59 Å². The average Bonchev–Trinajstić information content (AvgIpc) is 2.61. The number of benzene rings is 2. The summed E-state index contributed by atoms with van der Waals surface area (Å²) in [6.45, 7) is 1.41. The third-order valence-electron chi connectivity index (χ3n) is 3.47. The lowest BCUT2D eigenvalue weighted by Crippen LogP contribution is -2.22. The number of rotatable bonds is 5. The van der Waals surface area contributed by atoms with Crippen molar-refractivity contribution in [1.29, 1.82) is 0 Å². The third-order valence-corrected chi connectivity index (χ3v) is 3.71. The summed E-state index contributed by atoms with van der Waals surface area (Å²) in [5, 5.41) is 15.8. The summed E-state index contributed by atoms with van der Waals surface area (Å²) in [7, 11) is 0. The van der Waals surface area contributed by atoms with Gasteiger partial charge in [0.15, 0.2) is 0 Å². The fraction of sp³-hybridized carbons (Fsp3) is 0.167. The Balaban J connectivity index is 2.01. The van der Waals surface area contributed by atoms with Crippen molar-refractivity contribution in [2.24, 2.45) is 5.10 Å². The maximum atomic E-state index is 12.9. The Kier molecular flexibility index (Phi) is 6.63. The van der Waals surface area contributed by atoms with Crippen molar-refractivity contribution in [3.63, 3.8) is 0 Å². The molecular formula is C18H15ClF3N3O3. The molecule has 0 aliphatic rings. The summed E-state index contributed by atoms with van der Waals surface area (Å²) in [6, 6.07) is 8.43. The van der Waals surface area contributed by atoms with Gasteiger partial charge in [-0.15, -0.1) is 0 Å². The van der Waals surface area contributed by atoms with Gasteiger partial charge in [0, 0.05) is 10.7 Å². The number of alkyl halides is 3. The number of hydrazone groups is 1. The zero-order chi connectivity index (χ0) is 20.9. The average molecular weight is 414 g/mol. The molecule has 28 heavy (non-hydrogen) atoms. The van der Waals surface area contributed by atoms with E-state index in [2.05, 4.69) is 15.8 Å².